The molecule has 0 atom stereocenters. The molecule has 0 aliphatic heterocycles. The van der Waals surface area contributed by atoms with Crippen molar-refractivity contribution in [1.29, 1.82) is 0 Å². The maximum atomic E-state index is 12.4. The fourth-order valence-corrected chi connectivity index (χ4v) is 3.63. The molecule has 0 amide bonds. The number of hydrogen-bond acceptors (Lipinski definition) is 3. The molecule has 1 aromatic carbocycles. The Morgan fingerprint density at radius 3 is 2.60 bits per heavy atom. The van der Waals surface area contributed by atoms with E-state index in [9.17, 15) is 13.6 Å². The monoisotopic (exact) mass is 311 g/mol. The Morgan fingerprint density at radius 1 is 1.20 bits per heavy atom. The molecule has 0 spiro atoms. The molecule has 20 heavy (non-hydrogen) atoms. The van der Waals surface area contributed by atoms with Crippen LogP contribution in [0, 0.1) is 19.1 Å². The van der Waals surface area contributed by atoms with Gasteiger partial charge in [-0.1, -0.05) is 23.8 Å². The van der Waals surface area contributed by atoms with E-state index in [1.54, 1.807) is 0 Å². The van der Waals surface area contributed by atoms with Crippen molar-refractivity contribution in [2.45, 2.75) is 24.6 Å². The highest BCUT2D eigenvalue weighted by molar-refractivity contribution is 7.90. The van der Waals surface area contributed by atoms with Crippen LogP contribution in [0.3, 0.4) is 0 Å². The minimum atomic E-state index is -3.74. The van der Waals surface area contributed by atoms with Crippen LogP contribution in [0.25, 0.3) is 0 Å². The smallest absolute Gasteiger partial charge is 0.310 e. The number of hydrogen-bond donors (Lipinski definition) is 0. The van der Waals surface area contributed by atoms with Gasteiger partial charge in [0.1, 0.15) is 0 Å². The predicted molar refractivity (Wildman–Crippen MR) is 77.2 cm³/mol. The Balaban J connectivity index is 2.46. The van der Waals surface area contributed by atoms with Gasteiger partial charge in [-0.2, -0.15) is 0 Å². The highest BCUT2D eigenvalue weighted by Crippen LogP contribution is 2.18. The predicted octanol–water partition coefficient (Wildman–Crippen LogP) is 2.56. The molecule has 2 rings (SSSR count). The average molecular weight is 312 g/mol. The molecule has 0 saturated carbocycles. The third kappa shape index (κ3) is 2.94. The summed E-state index contributed by atoms with van der Waals surface area (Å²) in [6.45, 7) is 3.73. The van der Waals surface area contributed by atoms with E-state index in [1.165, 1.54) is 18.2 Å². The van der Waals surface area contributed by atoms with Crippen molar-refractivity contribution >= 4 is 21.4 Å². The Labute approximate surface area is 123 Å². The van der Waals surface area contributed by atoms with Gasteiger partial charge in [-0.25, -0.2) is 8.42 Å². The van der Waals surface area contributed by atoms with Gasteiger partial charge in [-0.05, 0) is 42.6 Å². The van der Waals surface area contributed by atoms with Gasteiger partial charge in [-0.15, -0.1) is 4.73 Å². The number of pyridine rings is 1. The van der Waals surface area contributed by atoms with Crippen molar-refractivity contribution < 1.29 is 13.1 Å². The third-order valence-corrected chi connectivity index (χ3v) is 4.95. The molecule has 0 unspecified atom stereocenters. The SMILES string of the molecule is Cc1ccc(C)c(CS(=O)(=O)c2cccc(Cl)[n+]2[O-])c1. The molecule has 4 nitrogen and oxygen atoms in total. The number of halogens is 1. The molecule has 0 fully saturated rings. The summed E-state index contributed by atoms with van der Waals surface area (Å²) in [4.78, 5) is 0. The molecule has 0 radical (unpaired) electrons. The molecule has 1 heterocycles. The molecule has 2 aromatic rings. The lowest BCUT2D eigenvalue weighted by molar-refractivity contribution is -0.644. The van der Waals surface area contributed by atoms with Gasteiger partial charge >= 0.3 is 5.03 Å². The van der Waals surface area contributed by atoms with Crippen LogP contribution in [0.1, 0.15) is 16.7 Å². The van der Waals surface area contributed by atoms with Crippen LogP contribution < -0.4 is 4.73 Å². The van der Waals surface area contributed by atoms with E-state index in [4.69, 9.17) is 11.6 Å². The number of aryl methyl sites for hydroxylation is 2. The van der Waals surface area contributed by atoms with Crippen molar-refractivity contribution in [2.75, 3.05) is 0 Å². The normalized spacial score (nSPS) is 11.6. The summed E-state index contributed by atoms with van der Waals surface area (Å²) in [6, 6.07) is 9.66. The number of nitrogens with zero attached hydrogens (tertiary/aromatic N) is 1. The zero-order chi connectivity index (χ0) is 14.9. The molecule has 0 N–H and O–H groups in total. The lowest BCUT2D eigenvalue weighted by Crippen LogP contribution is -2.35. The van der Waals surface area contributed by atoms with Crippen LogP contribution in [0.5, 0.6) is 0 Å². The first kappa shape index (κ1) is 14.8. The third-order valence-electron chi connectivity index (χ3n) is 3.04. The van der Waals surface area contributed by atoms with E-state index in [0.29, 0.717) is 5.56 Å². The summed E-state index contributed by atoms with van der Waals surface area (Å²) < 4.78 is 25.0. The van der Waals surface area contributed by atoms with Crippen LogP contribution in [0.15, 0.2) is 41.4 Å². The van der Waals surface area contributed by atoms with Gasteiger partial charge in [0.05, 0.1) is 5.75 Å². The second-order valence-corrected chi connectivity index (χ2v) is 6.99. The van der Waals surface area contributed by atoms with Crippen LogP contribution in [-0.4, -0.2) is 8.42 Å². The first-order chi connectivity index (χ1) is 9.31. The fraction of sp³-hybridized carbons (Fsp3) is 0.214. The maximum absolute atomic E-state index is 12.4. The van der Waals surface area contributed by atoms with Crippen LogP contribution in [0.2, 0.25) is 5.15 Å². The second-order valence-electron chi connectivity index (χ2n) is 4.67. The van der Waals surface area contributed by atoms with Crippen molar-refractivity contribution in [1.82, 2.24) is 0 Å². The van der Waals surface area contributed by atoms with Crippen molar-refractivity contribution in [2.24, 2.45) is 0 Å². The number of aromatic nitrogens is 1. The van der Waals surface area contributed by atoms with E-state index in [-0.39, 0.29) is 20.7 Å². The fourth-order valence-electron chi connectivity index (χ4n) is 1.91. The molecule has 6 heteroatoms. The topological polar surface area (TPSA) is 61.1 Å². The standard InChI is InChI=1S/C14H14ClNO3S/c1-10-6-7-11(2)12(8-10)9-20(18,19)14-5-3-4-13(15)16(14)17/h3-8H,9H2,1-2H3. The van der Waals surface area contributed by atoms with Crippen LogP contribution in [0.4, 0.5) is 0 Å². The van der Waals surface area contributed by atoms with Crippen molar-refractivity contribution in [3.8, 4) is 0 Å². The first-order valence-corrected chi connectivity index (χ1v) is 8.01. The largest absolute Gasteiger partial charge is 0.617 e. The average Bonchev–Trinajstić information content (AvgIpc) is 2.36. The van der Waals surface area contributed by atoms with Crippen LogP contribution >= 0.6 is 11.6 Å². The van der Waals surface area contributed by atoms with Crippen molar-refractivity contribution in [3.63, 3.8) is 0 Å². The zero-order valence-corrected chi connectivity index (χ0v) is 12.7. The molecular formula is C14H14ClNO3S. The number of benzene rings is 1. The summed E-state index contributed by atoms with van der Waals surface area (Å²) in [7, 11) is -3.74. The lowest BCUT2D eigenvalue weighted by Gasteiger charge is -2.09. The van der Waals surface area contributed by atoms with E-state index in [0.717, 1.165) is 11.1 Å². The van der Waals surface area contributed by atoms with Gasteiger partial charge in [-0.3, -0.25) is 0 Å². The summed E-state index contributed by atoms with van der Waals surface area (Å²) in [5.41, 5.74) is 2.53. The van der Waals surface area contributed by atoms with Gasteiger partial charge in [0, 0.05) is 12.1 Å². The van der Waals surface area contributed by atoms with Gasteiger partial charge < -0.3 is 5.21 Å². The van der Waals surface area contributed by atoms with Gasteiger partial charge in [0.25, 0.3) is 5.15 Å². The highest BCUT2D eigenvalue weighted by atomic mass is 35.5. The summed E-state index contributed by atoms with van der Waals surface area (Å²) in [6.07, 6.45) is 0. The first-order valence-electron chi connectivity index (χ1n) is 5.98. The second kappa shape index (κ2) is 5.42. The Hall–Kier alpha value is -1.59. The van der Waals surface area contributed by atoms with Crippen molar-refractivity contribution in [3.05, 3.63) is 63.4 Å². The quantitative estimate of drug-likeness (QED) is 0.497. The van der Waals surface area contributed by atoms with Gasteiger partial charge in [0.2, 0.25) is 9.84 Å². The molecule has 0 saturated heterocycles. The molecule has 1 aromatic heterocycles. The Morgan fingerprint density at radius 2 is 1.90 bits per heavy atom. The van der Waals surface area contributed by atoms with Crippen LogP contribution in [-0.2, 0) is 15.6 Å². The molecular weight excluding hydrogens is 298 g/mol. The lowest BCUT2D eigenvalue weighted by atomic mass is 10.1. The Kier molecular flexibility index (Phi) is 4.01. The molecule has 106 valence electrons. The summed E-state index contributed by atoms with van der Waals surface area (Å²) >= 11 is 5.67. The van der Waals surface area contributed by atoms with E-state index in [1.807, 2.05) is 32.0 Å². The number of sulfone groups is 1. The van der Waals surface area contributed by atoms with Gasteiger partial charge in [0.15, 0.2) is 0 Å². The van der Waals surface area contributed by atoms with E-state index >= 15 is 0 Å². The Bertz CT molecular complexity index is 757. The maximum Gasteiger partial charge on any atom is 0.310 e. The zero-order valence-electron chi connectivity index (χ0n) is 11.1. The summed E-state index contributed by atoms with van der Waals surface area (Å²) in [5.74, 6) is -0.219. The minimum Gasteiger partial charge on any atom is -0.617 e. The number of rotatable bonds is 3. The van der Waals surface area contributed by atoms with E-state index in [2.05, 4.69) is 0 Å². The summed E-state index contributed by atoms with van der Waals surface area (Å²) in [5, 5.41) is 11.3. The molecule has 0 aliphatic rings. The highest BCUT2D eigenvalue weighted by Gasteiger charge is 2.26. The minimum absolute atomic E-state index is 0.160. The molecule has 0 aliphatic carbocycles. The van der Waals surface area contributed by atoms with E-state index < -0.39 is 9.84 Å². The molecule has 0 bridgehead atoms.